The zero-order valence-corrected chi connectivity index (χ0v) is 11.5. The average molecular weight is 414 g/mol. The molecule has 0 aliphatic rings. The van der Waals surface area contributed by atoms with Crippen LogP contribution in [0.15, 0.2) is 12.1 Å². The standard InChI is InChI=1S/C9H8I2N2O/c10-6-3-5(8(13)1-2-12)4-7(11)9(6)14/h3-4,8,14H,1,13H2/t8-/m0/s1. The molecule has 0 aliphatic heterocycles. The van der Waals surface area contributed by atoms with Gasteiger partial charge >= 0.3 is 0 Å². The molecule has 0 saturated carbocycles. The van der Waals surface area contributed by atoms with Crippen LogP contribution in [0.25, 0.3) is 0 Å². The van der Waals surface area contributed by atoms with E-state index in [2.05, 4.69) is 0 Å². The predicted molar refractivity (Wildman–Crippen MR) is 70.7 cm³/mol. The van der Waals surface area contributed by atoms with E-state index in [1.54, 1.807) is 12.1 Å². The Balaban J connectivity index is 3.07. The van der Waals surface area contributed by atoms with Crippen LogP contribution < -0.4 is 5.73 Å². The Bertz CT molecular complexity index is 364. The molecule has 0 aliphatic carbocycles. The molecule has 1 atom stereocenters. The maximum atomic E-state index is 9.52. The predicted octanol–water partition coefficient (Wildman–Crippen LogP) is 2.51. The number of hydrogen-bond donors (Lipinski definition) is 2. The van der Waals surface area contributed by atoms with Gasteiger partial charge in [-0.2, -0.15) is 5.26 Å². The Labute approximate surface area is 110 Å². The second-order valence-corrected chi connectivity index (χ2v) is 5.13. The number of halogens is 2. The summed E-state index contributed by atoms with van der Waals surface area (Å²) >= 11 is 4.09. The summed E-state index contributed by atoms with van der Waals surface area (Å²) < 4.78 is 1.52. The topological polar surface area (TPSA) is 70.0 Å². The van der Waals surface area contributed by atoms with E-state index < -0.39 is 0 Å². The van der Waals surface area contributed by atoms with Gasteiger partial charge in [-0.25, -0.2) is 0 Å². The van der Waals surface area contributed by atoms with E-state index in [4.69, 9.17) is 11.0 Å². The van der Waals surface area contributed by atoms with Crippen molar-refractivity contribution in [1.82, 2.24) is 0 Å². The number of hydrogen-bond acceptors (Lipinski definition) is 3. The molecule has 0 bridgehead atoms. The SMILES string of the molecule is N#CC[C@H](N)c1cc(I)c(O)c(I)c1. The minimum atomic E-state index is -0.275. The van der Waals surface area contributed by atoms with Gasteiger partial charge in [0.25, 0.3) is 0 Å². The monoisotopic (exact) mass is 414 g/mol. The van der Waals surface area contributed by atoms with Gasteiger partial charge in [-0.3, -0.25) is 0 Å². The van der Waals surface area contributed by atoms with Crippen LogP contribution in [0.1, 0.15) is 18.0 Å². The molecular formula is C9H8I2N2O. The summed E-state index contributed by atoms with van der Waals surface area (Å²) in [6.45, 7) is 0. The number of benzene rings is 1. The zero-order valence-electron chi connectivity index (χ0n) is 7.17. The molecule has 0 unspecified atom stereocenters. The van der Waals surface area contributed by atoms with Crippen molar-refractivity contribution in [2.75, 3.05) is 0 Å². The Hall–Kier alpha value is -0.0700. The van der Waals surface area contributed by atoms with Crippen molar-refractivity contribution >= 4 is 45.2 Å². The molecule has 0 aromatic heterocycles. The van der Waals surface area contributed by atoms with Gasteiger partial charge in [0, 0.05) is 6.04 Å². The van der Waals surface area contributed by atoms with Crippen LogP contribution in [-0.4, -0.2) is 5.11 Å². The van der Waals surface area contributed by atoms with Crippen molar-refractivity contribution in [2.24, 2.45) is 5.73 Å². The fourth-order valence-corrected chi connectivity index (χ4v) is 2.83. The van der Waals surface area contributed by atoms with E-state index in [0.29, 0.717) is 0 Å². The first kappa shape index (κ1) is 12.0. The number of phenols is 1. The maximum Gasteiger partial charge on any atom is 0.142 e. The molecule has 1 aromatic rings. The summed E-state index contributed by atoms with van der Waals surface area (Å²) in [7, 11) is 0. The molecule has 3 nitrogen and oxygen atoms in total. The molecule has 14 heavy (non-hydrogen) atoms. The van der Waals surface area contributed by atoms with Gasteiger partial charge in [-0.05, 0) is 62.9 Å². The molecule has 0 saturated heterocycles. The van der Waals surface area contributed by atoms with E-state index in [-0.39, 0.29) is 18.2 Å². The number of phenolic OH excluding ortho intramolecular Hbond substituents is 1. The summed E-state index contributed by atoms with van der Waals surface area (Å²) in [5, 5.41) is 18.0. The molecule has 1 aromatic carbocycles. The molecule has 74 valence electrons. The van der Waals surface area contributed by atoms with Crippen LogP contribution >= 0.6 is 45.2 Å². The van der Waals surface area contributed by atoms with Gasteiger partial charge in [0.1, 0.15) is 5.75 Å². The Kier molecular flexibility index (Phi) is 4.40. The fourth-order valence-electron chi connectivity index (χ4n) is 1.02. The first-order valence-electron chi connectivity index (χ1n) is 3.86. The molecule has 0 spiro atoms. The van der Waals surface area contributed by atoms with Crippen LogP contribution in [0.3, 0.4) is 0 Å². The number of rotatable bonds is 2. The van der Waals surface area contributed by atoms with Crippen LogP contribution in [0, 0.1) is 18.5 Å². The highest BCUT2D eigenvalue weighted by atomic mass is 127. The summed E-state index contributed by atoms with van der Waals surface area (Å²) in [5.41, 5.74) is 6.67. The molecule has 0 heterocycles. The largest absolute Gasteiger partial charge is 0.506 e. The van der Waals surface area contributed by atoms with Crippen molar-refractivity contribution in [3.05, 3.63) is 24.8 Å². The van der Waals surface area contributed by atoms with E-state index in [1.807, 2.05) is 51.3 Å². The van der Waals surface area contributed by atoms with E-state index >= 15 is 0 Å². The lowest BCUT2D eigenvalue weighted by atomic mass is 10.1. The molecule has 0 fully saturated rings. The number of aromatic hydroxyl groups is 1. The van der Waals surface area contributed by atoms with E-state index in [1.165, 1.54) is 0 Å². The minimum Gasteiger partial charge on any atom is -0.506 e. The van der Waals surface area contributed by atoms with Gasteiger partial charge in [0.2, 0.25) is 0 Å². The zero-order chi connectivity index (χ0) is 10.7. The van der Waals surface area contributed by atoms with Gasteiger partial charge in [0.05, 0.1) is 19.6 Å². The van der Waals surface area contributed by atoms with Crippen LogP contribution in [0.4, 0.5) is 0 Å². The van der Waals surface area contributed by atoms with Gasteiger partial charge in [-0.15, -0.1) is 0 Å². The van der Waals surface area contributed by atoms with Crippen molar-refractivity contribution in [1.29, 1.82) is 5.26 Å². The Morgan fingerprint density at radius 3 is 2.36 bits per heavy atom. The summed E-state index contributed by atoms with van der Waals surface area (Å²) in [6, 6.07) is 5.36. The second kappa shape index (κ2) is 5.14. The highest BCUT2D eigenvalue weighted by molar-refractivity contribution is 14.1. The highest BCUT2D eigenvalue weighted by Crippen LogP contribution is 2.29. The quantitative estimate of drug-likeness (QED) is 0.732. The van der Waals surface area contributed by atoms with Crippen LogP contribution in [-0.2, 0) is 0 Å². The van der Waals surface area contributed by atoms with Crippen molar-refractivity contribution in [3.63, 3.8) is 0 Å². The minimum absolute atomic E-state index is 0.275. The lowest BCUT2D eigenvalue weighted by Crippen LogP contribution is -2.09. The van der Waals surface area contributed by atoms with Crippen LogP contribution in [0.2, 0.25) is 0 Å². The highest BCUT2D eigenvalue weighted by Gasteiger charge is 2.10. The van der Waals surface area contributed by atoms with Gasteiger partial charge in [0.15, 0.2) is 0 Å². The molecule has 5 heteroatoms. The lowest BCUT2D eigenvalue weighted by molar-refractivity contribution is 0.467. The Morgan fingerprint density at radius 1 is 1.43 bits per heavy atom. The summed E-state index contributed by atoms with van der Waals surface area (Å²) in [5.74, 6) is 0.277. The molecule has 0 amide bonds. The number of nitriles is 1. The van der Waals surface area contributed by atoms with Crippen molar-refractivity contribution in [3.8, 4) is 11.8 Å². The van der Waals surface area contributed by atoms with Gasteiger partial charge in [-0.1, -0.05) is 0 Å². The summed E-state index contributed by atoms with van der Waals surface area (Å²) in [6.07, 6.45) is 0.289. The number of nitrogens with zero attached hydrogens (tertiary/aromatic N) is 1. The van der Waals surface area contributed by atoms with Gasteiger partial charge < -0.3 is 10.8 Å². The summed E-state index contributed by atoms with van der Waals surface area (Å²) in [4.78, 5) is 0. The van der Waals surface area contributed by atoms with E-state index in [0.717, 1.165) is 12.7 Å². The third kappa shape index (κ3) is 2.71. The Morgan fingerprint density at radius 2 is 1.93 bits per heavy atom. The fraction of sp³-hybridized carbons (Fsp3) is 0.222. The average Bonchev–Trinajstić information content (AvgIpc) is 2.13. The van der Waals surface area contributed by atoms with Crippen LogP contribution in [0.5, 0.6) is 5.75 Å². The van der Waals surface area contributed by atoms with Crippen molar-refractivity contribution < 1.29 is 5.11 Å². The normalized spacial score (nSPS) is 12.1. The third-order valence-electron chi connectivity index (χ3n) is 1.78. The smallest absolute Gasteiger partial charge is 0.142 e. The molecule has 3 N–H and O–H groups in total. The third-order valence-corrected chi connectivity index (χ3v) is 3.42. The first-order valence-corrected chi connectivity index (χ1v) is 6.02. The first-order chi connectivity index (χ1) is 6.56. The molecule has 1 rings (SSSR count). The molecule has 0 radical (unpaired) electrons. The number of nitrogens with two attached hydrogens (primary N) is 1. The lowest BCUT2D eigenvalue weighted by Gasteiger charge is -2.10. The van der Waals surface area contributed by atoms with Crippen molar-refractivity contribution in [2.45, 2.75) is 12.5 Å². The second-order valence-electron chi connectivity index (χ2n) is 2.80. The van der Waals surface area contributed by atoms with E-state index in [9.17, 15) is 5.11 Å². The maximum absolute atomic E-state index is 9.52. The molecular weight excluding hydrogens is 406 g/mol.